The summed E-state index contributed by atoms with van der Waals surface area (Å²) in [7, 11) is 0. The molecule has 22 heavy (non-hydrogen) atoms. The van der Waals surface area contributed by atoms with Gasteiger partial charge in [-0.2, -0.15) is 0 Å². The van der Waals surface area contributed by atoms with E-state index in [0.29, 0.717) is 11.5 Å². The van der Waals surface area contributed by atoms with Crippen LogP contribution in [0, 0.1) is 0 Å². The number of hydrogen-bond acceptors (Lipinski definition) is 4. The maximum Gasteiger partial charge on any atom is 0.256 e. The predicted molar refractivity (Wildman–Crippen MR) is 88.2 cm³/mol. The molecule has 1 amide bonds. The van der Waals surface area contributed by atoms with Crippen molar-refractivity contribution in [1.29, 1.82) is 0 Å². The Balaban J connectivity index is 2.05. The van der Waals surface area contributed by atoms with Crippen LogP contribution >= 0.6 is 0 Å². The van der Waals surface area contributed by atoms with Gasteiger partial charge < -0.3 is 10.2 Å². The first-order chi connectivity index (χ1) is 10.7. The van der Waals surface area contributed by atoms with Crippen LogP contribution < -0.4 is 5.32 Å². The van der Waals surface area contributed by atoms with Gasteiger partial charge in [0, 0.05) is 31.2 Å². The van der Waals surface area contributed by atoms with E-state index in [9.17, 15) is 4.79 Å². The fourth-order valence-corrected chi connectivity index (χ4v) is 2.19. The third kappa shape index (κ3) is 4.28. The summed E-state index contributed by atoms with van der Waals surface area (Å²) in [4.78, 5) is 22.7. The zero-order valence-corrected chi connectivity index (χ0v) is 13.1. The van der Waals surface area contributed by atoms with Crippen LogP contribution in [0.5, 0.6) is 0 Å². The molecule has 0 fully saturated rings. The Morgan fingerprint density at radius 3 is 2.18 bits per heavy atom. The fraction of sp³-hybridized carbons (Fsp3) is 0.353. The second-order valence-corrected chi connectivity index (χ2v) is 5.08. The Morgan fingerprint density at radius 2 is 1.64 bits per heavy atom. The molecular weight excluding hydrogens is 276 g/mol. The van der Waals surface area contributed by atoms with Gasteiger partial charge in [0.15, 0.2) is 0 Å². The zero-order chi connectivity index (χ0) is 15.8. The summed E-state index contributed by atoms with van der Waals surface area (Å²) in [6.45, 7) is 5.66. The molecule has 0 saturated carbocycles. The van der Waals surface area contributed by atoms with Crippen LogP contribution in [0.2, 0.25) is 0 Å². The monoisotopic (exact) mass is 298 g/mol. The first-order valence-electron chi connectivity index (χ1n) is 7.68. The van der Waals surface area contributed by atoms with Crippen molar-refractivity contribution >= 4 is 17.5 Å². The van der Waals surface area contributed by atoms with Crippen molar-refractivity contribution in [1.82, 2.24) is 14.9 Å². The van der Waals surface area contributed by atoms with E-state index in [2.05, 4.69) is 29.1 Å². The molecule has 5 heteroatoms. The van der Waals surface area contributed by atoms with E-state index in [-0.39, 0.29) is 5.91 Å². The van der Waals surface area contributed by atoms with E-state index >= 15 is 0 Å². The van der Waals surface area contributed by atoms with Crippen LogP contribution in [-0.4, -0.2) is 33.9 Å². The van der Waals surface area contributed by atoms with Gasteiger partial charge in [-0.15, -0.1) is 0 Å². The quantitative estimate of drug-likeness (QED) is 0.850. The van der Waals surface area contributed by atoms with Gasteiger partial charge >= 0.3 is 0 Å². The molecule has 2 rings (SSSR count). The average molecular weight is 298 g/mol. The van der Waals surface area contributed by atoms with Crippen molar-refractivity contribution in [2.24, 2.45) is 0 Å². The Morgan fingerprint density at radius 1 is 1.05 bits per heavy atom. The Kier molecular flexibility index (Phi) is 5.89. The number of anilines is 2. The Bertz CT molecular complexity index is 577. The molecule has 0 radical (unpaired) electrons. The lowest BCUT2D eigenvalue weighted by molar-refractivity contribution is 0.0755. The number of hydrogen-bond donors (Lipinski definition) is 1. The van der Waals surface area contributed by atoms with E-state index < -0.39 is 0 Å². The number of para-hydroxylation sites is 1. The molecule has 2 aromatic rings. The summed E-state index contributed by atoms with van der Waals surface area (Å²) in [5.74, 6) is 0.482. The predicted octanol–water partition coefficient (Wildman–Crippen LogP) is 3.48. The summed E-state index contributed by atoms with van der Waals surface area (Å²) < 4.78 is 0. The van der Waals surface area contributed by atoms with Crippen molar-refractivity contribution < 1.29 is 4.79 Å². The summed E-state index contributed by atoms with van der Waals surface area (Å²) in [5.41, 5.74) is 1.45. The molecule has 0 saturated heterocycles. The van der Waals surface area contributed by atoms with Gasteiger partial charge in [0.25, 0.3) is 5.91 Å². The minimum Gasteiger partial charge on any atom is -0.339 e. The molecule has 0 atom stereocenters. The second-order valence-electron chi connectivity index (χ2n) is 5.08. The van der Waals surface area contributed by atoms with Gasteiger partial charge in [0.05, 0.1) is 5.56 Å². The van der Waals surface area contributed by atoms with Crippen LogP contribution in [0.25, 0.3) is 0 Å². The van der Waals surface area contributed by atoms with Gasteiger partial charge in [-0.3, -0.25) is 4.79 Å². The van der Waals surface area contributed by atoms with Crippen LogP contribution in [0.15, 0.2) is 42.7 Å². The summed E-state index contributed by atoms with van der Waals surface area (Å²) >= 11 is 0. The van der Waals surface area contributed by atoms with E-state index in [1.54, 1.807) is 12.4 Å². The molecule has 0 bridgehead atoms. The summed E-state index contributed by atoms with van der Waals surface area (Å²) in [6.07, 6.45) is 5.05. The lowest BCUT2D eigenvalue weighted by atomic mass is 10.2. The van der Waals surface area contributed by atoms with Crippen molar-refractivity contribution in [2.75, 3.05) is 18.4 Å². The zero-order valence-electron chi connectivity index (χ0n) is 13.1. The van der Waals surface area contributed by atoms with Gasteiger partial charge in [-0.05, 0) is 25.0 Å². The largest absolute Gasteiger partial charge is 0.339 e. The van der Waals surface area contributed by atoms with Crippen molar-refractivity contribution in [3.05, 3.63) is 48.3 Å². The summed E-state index contributed by atoms with van der Waals surface area (Å²) in [5, 5.41) is 3.10. The smallest absolute Gasteiger partial charge is 0.256 e. The third-order valence-corrected chi connectivity index (χ3v) is 3.20. The highest BCUT2D eigenvalue weighted by atomic mass is 16.2. The molecule has 1 N–H and O–H groups in total. The normalized spacial score (nSPS) is 10.3. The molecule has 1 heterocycles. The van der Waals surface area contributed by atoms with Crippen molar-refractivity contribution in [3.8, 4) is 0 Å². The molecule has 116 valence electrons. The molecule has 1 aromatic carbocycles. The SMILES string of the molecule is CCCN(CCC)C(=O)c1cnc(Nc2ccccc2)nc1. The molecule has 5 nitrogen and oxygen atoms in total. The summed E-state index contributed by atoms with van der Waals surface area (Å²) in [6, 6.07) is 9.70. The standard InChI is InChI=1S/C17H22N4O/c1-3-10-21(11-4-2)16(22)14-12-18-17(19-13-14)20-15-8-6-5-7-9-15/h5-9,12-13H,3-4,10-11H2,1-2H3,(H,18,19,20). The minimum atomic E-state index is -0.00467. The third-order valence-electron chi connectivity index (χ3n) is 3.20. The van der Waals surface area contributed by atoms with E-state index in [0.717, 1.165) is 31.6 Å². The lowest BCUT2D eigenvalue weighted by Crippen LogP contribution is -2.32. The number of amides is 1. The topological polar surface area (TPSA) is 58.1 Å². The number of nitrogens with zero attached hydrogens (tertiary/aromatic N) is 3. The van der Waals surface area contributed by atoms with Crippen LogP contribution in [0.4, 0.5) is 11.6 Å². The number of carbonyl (C=O) groups excluding carboxylic acids is 1. The fourth-order valence-electron chi connectivity index (χ4n) is 2.19. The molecule has 1 aromatic heterocycles. The van der Waals surface area contributed by atoms with Crippen LogP contribution in [0.1, 0.15) is 37.0 Å². The average Bonchev–Trinajstić information content (AvgIpc) is 2.56. The van der Waals surface area contributed by atoms with E-state index in [1.165, 1.54) is 0 Å². The Hall–Kier alpha value is -2.43. The molecule has 0 aliphatic carbocycles. The van der Waals surface area contributed by atoms with E-state index in [1.807, 2.05) is 35.2 Å². The van der Waals surface area contributed by atoms with Crippen LogP contribution in [-0.2, 0) is 0 Å². The van der Waals surface area contributed by atoms with Gasteiger partial charge in [0.1, 0.15) is 0 Å². The maximum atomic E-state index is 12.4. The minimum absolute atomic E-state index is 0.00467. The lowest BCUT2D eigenvalue weighted by Gasteiger charge is -2.21. The number of rotatable bonds is 7. The highest BCUT2D eigenvalue weighted by Crippen LogP contribution is 2.12. The molecular formula is C17H22N4O. The molecule has 0 aliphatic heterocycles. The van der Waals surface area contributed by atoms with Gasteiger partial charge in [-0.1, -0.05) is 32.0 Å². The first kappa shape index (κ1) is 15.9. The highest BCUT2D eigenvalue weighted by molar-refractivity contribution is 5.93. The number of aromatic nitrogens is 2. The number of carbonyl (C=O) groups is 1. The van der Waals surface area contributed by atoms with Gasteiger partial charge in [-0.25, -0.2) is 9.97 Å². The van der Waals surface area contributed by atoms with E-state index in [4.69, 9.17) is 0 Å². The number of nitrogens with one attached hydrogen (secondary N) is 1. The van der Waals surface area contributed by atoms with Gasteiger partial charge in [0.2, 0.25) is 5.95 Å². The van der Waals surface area contributed by atoms with Crippen molar-refractivity contribution in [2.45, 2.75) is 26.7 Å². The van der Waals surface area contributed by atoms with Crippen LogP contribution in [0.3, 0.4) is 0 Å². The van der Waals surface area contributed by atoms with Crippen molar-refractivity contribution in [3.63, 3.8) is 0 Å². The first-order valence-corrected chi connectivity index (χ1v) is 7.68. The maximum absolute atomic E-state index is 12.4. The molecule has 0 aliphatic rings. The second kappa shape index (κ2) is 8.12. The Labute approximate surface area is 131 Å². The number of benzene rings is 1. The highest BCUT2D eigenvalue weighted by Gasteiger charge is 2.15. The molecule has 0 unspecified atom stereocenters. The molecule has 0 spiro atoms.